The molecule has 0 radical (unpaired) electrons. The minimum absolute atomic E-state index is 0. The first-order valence-electron chi connectivity index (χ1n) is 19.7. The predicted octanol–water partition coefficient (Wildman–Crippen LogP) is 11.0. The largest absolute Gasteiger partial charge is 2.00 e. The van der Waals surface area contributed by atoms with Crippen molar-refractivity contribution in [2.75, 3.05) is 0 Å². The van der Waals surface area contributed by atoms with E-state index in [-0.39, 0.29) is 30.9 Å². The van der Waals surface area contributed by atoms with Crippen LogP contribution in [0.5, 0.6) is 11.5 Å². The number of hydrogen-bond acceptors (Lipinski definition) is 10. The van der Waals surface area contributed by atoms with E-state index in [1.54, 1.807) is 42.7 Å². The van der Waals surface area contributed by atoms with Gasteiger partial charge in [-0.05, 0) is 89.0 Å². The molecule has 0 spiro atoms. The van der Waals surface area contributed by atoms with Gasteiger partial charge >= 0.3 is 25.7 Å². The molecular weight excluding hydrogens is 965 g/mol. The number of carbonyl (C=O) groups excluding carboxylic acids is 2. The van der Waals surface area contributed by atoms with Crippen LogP contribution in [-0.4, -0.2) is 43.1 Å². The van der Waals surface area contributed by atoms with Gasteiger partial charge in [0.25, 0.3) is 12.9 Å². The summed E-state index contributed by atoms with van der Waals surface area (Å²) in [6.45, 7) is 4.67. The number of alkyl halides is 3. The van der Waals surface area contributed by atoms with Crippen molar-refractivity contribution in [1.82, 2.24) is 30.1 Å². The van der Waals surface area contributed by atoms with Gasteiger partial charge in [-0.1, -0.05) is 108 Å². The number of benzene rings is 4. The van der Waals surface area contributed by atoms with Crippen molar-refractivity contribution >= 4 is 51.9 Å². The van der Waals surface area contributed by atoms with Crippen molar-refractivity contribution in [2.45, 2.75) is 20.0 Å². The maximum atomic E-state index is 12.6. The summed E-state index contributed by atoms with van der Waals surface area (Å²) in [7, 11) is 0. The van der Waals surface area contributed by atoms with Crippen LogP contribution in [-0.2, 0) is 35.2 Å². The van der Waals surface area contributed by atoms with Crippen molar-refractivity contribution in [3.8, 4) is 68.6 Å². The number of ether oxygens (including phenoxy) is 2. The summed E-state index contributed by atoms with van der Waals surface area (Å²) in [4.78, 5) is 39.4. The second-order valence-electron chi connectivity index (χ2n) is 14.3. The first kappa shape index (κ1) is 48.4. The van der Waals surface area contributed by atoms with Crippen molar-refractivity contribution < 1.29 is 51.7 Å². The fraction of sp³-hybridized carbons (Fsp3) is 0.0588. The number of rotatable bonds is 8. The van der Waals surface area contributed by atoms with E-state index in [0.717, 1.165) is 55.6 Å². The summed E-state index contributed by atoms with van der Waals surface area (Å²) in [6.07, 6.45) is 0.206. The van der Waals surface area contributed by atoms with Crippen molar-refractivity contribution in [3.05, 3.63) is 179 Å². The van der Waals surface area contributed by atoms with Gasteiger partial charge in [-0.3, -0.25) is 24.5 Å². The Bertz CT molecular complexity index is 3330. The molecule has 16 heteroatoms. The SMILES string of the molecule is Cc1cc(C)cc(-c2ccnc(-c3cc(C(F)(F)F)n[n-]3)c2)c1.O=COc1ccnc(-c2cc(OC=O)cc(-c3cc(C#Cc4cc5ccccc5c5ccccc45)ccn3)n2)c1.[N-]=C=S.[Ru+2]. The summed E-state index contributed by atoms with van der Waals surface area (Å²) in [5.74, 6) is 7.18. The van der Waals surface area contributed by atoms with Gasteiger partial charge in [-0.2, -0.15) is 18.3 Å². The van der Waals surface area contributed by atoms with E-state index >= 15 is 0 Å². The van der Waals surface area contributed by atoms with Crippen molar-refractivity contribution in [2.24, 2.45) is 0 Å². The molecule has 0 unspecified atom stereocenters. The van der Waals surface area contributed by atoms with E-state index in [9.17, 15) is 22.8 Å². The summed E-state index contributed by atoms with van der Waals surface area (Å²) < 4.78 is 47.9. The molecule has 0 saturated carbocycles. The molecule has 0 aliphatic heterocycles. The first-order valence-corrected chi connectivity index (χ1v) is 20.1. The molecule has 0 fully saturated rings. The Labute approximate surface area is 399 Å². The van der Waals surface area contributed by atoms with Crippen LogP contribution in [0.15, 0.2) is 146 Å². The fourth-order valence-electron chi connectivity index (χ4n) is 6.97. The Hall–Kier alpha value is -8.08. The van der Waals surface area contributed by atoms with Crippen LogP contribution in [0.25, 0.3) is 72.2 Å². The van der Waals surface area contributed by atoms with Crippen molar-refractivity contribution in [1.29, 1.82) is 0 Å². The van der Waals surface area contributed by atoms with Crippen LogP contribution in [0.4, 0.5) is 13.2 Å². The van der Waals surface area contributed by atoms with E-state index in [2.05, 4.69) is 90.6 Å². The van der Waals surface area contributed by atoms with Gasteiger partial charge in [0.1, 0.15) is 17.2 Å². The summed E-state index contributed by atoms with van der Waals surface area (Å²) in [5, 5.41) is 19.8. The number of pyridine rings is 4. The average molecular weight is 997 g/mol. The number of aromatic nitrogens is 6. The Morgan fingerprint density at radius 3 is 1.88 bits per heavy atom. The molecule has 5 heterocycles. The van der Waals surface area contributed by atoms with Gasteiger partial charge in [0.05, 0.1) is 22.8 Å². The van der Waals surface area contributed by atoms with E-state index in [4.69, 9.17) is 14.9 Å². The maximum Gasteiger partial charge on any atom is 2.00 e. The Kier molecular flexibility index (Phi) is 16.0. The van der Waals surface area contributed by atoms with Crippen LogP contribution in [0.3, 0.4) is 0 Å². The second-order valence-corrected chi connectivity index (χ2v) is 14.4. The summed E-state index contributed by atoms with van der Waals surface area (Å²) in [6, 6.07) is 39.1. The molecule has 67 heavy (non-hydrogen) atoms. The third-order valence-electron chi connectivity index (χ3n) is 9.70. The fourth-order valence-corrected chi connectivity index (χ4v) is 6.97. The molecular formula is C51H32F3N7O4RuS. The smallest absolute Gasteiger partial charge is 0.753 e. The zero-order chi connectivity index (χ0) is 46.6. The topological polar surface area (TPSA) is 153 Å². The molecule has 0 aliphatic rings. The third-order valence-corrected chi connectivity index (χ3v) is 9.70. The number of halogens is 3. The first-order chi connectivity index (χ1) is 32.0. The van der Waals surface area contributed by atoms with Gasteiger partial charge in [0.2, 0.25) is 0 Å². The minimum Gasteiger partial charge on any atom is -0.753 e. The molecule has 9 rings (SSSR count). The zero-order valence-electron chi connectivity index (χ0n) is 35.2. The molecule has 0 N–H and O–H groups in total. The molecule has 330 valence electrons. The molecule has 11 nitrogen and oxygen atoms in total. The summed E-state index contributed by atoms with van der Waals surface area (Å²) >= 11 is 3.70. The number of hydrogen-bond donors (Lipinski definition) is 0. The quantitative estimate of drug-likeness (QED) is 0.0357. The van der Waals surface area contributed by atoms with Crippen molar-refractivity contribution in [3.63, 3.8) is 0 Å². The number of carbonyl (C=O) groups is 2. The van der Waals surface area contributed by atoms with Crippen LogP contribution in [0.1, 0.15) is 27.9 Å². The third kappa shape index (κ3) is 12.2. The van der Waals surface area contributed by atoms with Gasteiger partial charge in [-0.15, -0.1) is 0 Å². The van der Waals surface area contributed by atoms with E-state index < -0.39 is 11.9 Å². The Balaban J connectivity index is 0.000000233. The number of isothiocyanates is 1. The molecule has 4 aromatic carbocycles. The maximum absolute atomic E-state index is 12.6. The predicted molar refractivity (Wildman–Crippen MR) is 248 cm³/mol. The molecule has 0 amide bonds. The van der Waals surface area contributed by atoms with Gasteiger partial charge in [0, 0.05) is 53.6 Å². The van der Waals surface area contributed by atoms with E-state index in [1.165, 1.54) is 16.7 Å². The van der Waals surface area contributed by atoms with Crippen LogP contribution < -0.4 is 14.6 Å². The molecule has 9 aromatic rings. The molecule has 0 atom stereocenters. The minimum atomic E-state index is -4.50. The molecule has 0 aliphatic carbocycles. The van der Waals surface area contributed by atoms with Gasteiger partial charge in [-0.25, -0.2) is 4.98 Å². The standard InChI is InChI=1S/C33H19N3O4.C17H13F3N3.CNS.Ru/c37-20-39-25-12-14-35-31(17-25)33-19-26(40-21-38)18-32(36-33)30-15-22(11-13-34-30)9-10-24-16-23-5-1-2-6-27(23)29-8-4-3-7-28(24)29;1-10-5-11(2)7-13(6-10)12-3-4-21-14(8-12)15-9-16(23-22-15)17(18,19)20;2-1-3;/h1-8,11-21H;3-9H,1-2H3;;/q;2*-1;+2. The van der Waals surface area contributed by atoms with E-state index in [0.29, 0.717) is 47.2 Å². The van der Waals surface area contributed by atoms with E-state index in [1.807, 2.05) is 68.4 Å². The molecule has 0 saturated heterocycles. The summed E-state index contributed by atoms with van der Waals surface area (Å²) in [5.41, 5.74) is 7.06. The Morgan fingerprint density at radius 2 is 1.21 bits per heavy atom. The monoisotopic (exact) mass is 997 g/mol. The van der Waals surface area contributed by atoms with Crippen LogP contribution >= 0.6 is 12.2 Å². The van der Waals surface area contributed by atoms with Crippen LogP contribution in [0, 0.1) is 25.7 Å². The van der Waals surface area contributed by atoms with Gasteiger partial charge in [0.15, 0.2) is 0 Å². The normalized spacial score (nSPS) is 10.4. The molecule has 0 bridgehead atoms. The van der Waals surface area contributed by atoms with Gasteiger partial charge < -0.3 is 25.1 Å². The number of fused-ring (bicyclic) bond motifs is 3. The molecule has 5 aromatic heterocycles. The average Bonchev–Trinajstić information content (AvgIpc) is 3.84. The number of nitrogens with zero attached hydrogens (tertiary/aromatic N) is 7. The number of aryl methyl sites for hydroxylation is 2. The Morgan fingerprint density at radius 1 is 0.627 bits per heavy atom. The number of thiocarbonyl (C=S) groups is 1. The van der Waals surface area contributed by atoms with Crippen LogP contribution in [0.2, 0.25) is 0 Å². The second kappa shape index (κ2) is 22.2. The zero-order valence-corrected chi connectivity index (χ0v) is 37.7.